The largest absolute Gasteiger partial charge is 0.360 e. The van der Waals surface area contributed by atoms with Crippen molar-refractivity contribution in [2.75, 3.05) is 45.2 Å². The van der Waals surface area contributed by atoms with Crippen LogP contribution in [0.4, 0.5) is 5.69 Å². The number of carbonyl (C=O) groups excluding carboxylic acids is 1. The highest BCUT2D eigenvalue weighted by atomic mass is 127. The number of carbonyl (C=O) groups is 1. The molecule has 7 heteroatoms. The van der Waals surface area contributed by atoms with Gasteiger partial charge in [-0.05, 0) is 42.4 Å². The standard InChI is InChI=1S/C22H35N5O.HI/c1-17-4-6-19(7-5-17)15-26(3)22(23-2)25-14-18-8-10-20(11-9-18)27-13-12-24-21(28)16-27;/h8-11,17,19H,4-7,12-16H2,1-3H3,(H,23,25)(H,24,28);1H. The van der Waals surface area contributed by atoms with Crippen molar-refractivity contribution in [3.8, 4) is 0 Å². The maximum absolute atomic E-state index is 11.6. The molecule has 1 amide bonds. The third kappa shape index (κ3) is 7.04. The van der Waals surface area contributed by atoms with Crippen molar-refractivity contribution in [3.05, 3.63) is 29.8 Å². The second kappa shape index (κ2) is 11.6. The second-order valence-electron chi connectivity index (χ2n) is 8.35. The minimum absolute atomic E-state index is 0. The molecule has 0 unspecified atom stereocenters. The van der Waals surface area contributed by atoms with E-state index in [1.54, 1.807) is 0 Å². The van der Waals surface area contributed by atoms with Gasteiger partial charge in [0.1, 0.15) is 0 Å². The Morgan fingerprint density at radius 1 is 1.24 bits per heavy atom. The van der Waals surface area contributed by atoms with Crippen molar-refractivity contribution in [2.45, 2.75) is 39.2 Å². The maximum Gasteiger partial charge on any atom is 0.239 e. The van der Waals surface area contributed by atoms with Crippen LogP contribution >= 0.6 is 24.0 Å². The zero-order valence-corrected chi connectivity index (χ0v) is 20.3. The summed E-state index contributed by atoms with van der Waals surface area (Å²) in [7, 11) is 3.99. The van der Waals surface area contributed by atoms with Crippen molar-refractivity contribution in [2.24, 2.45) is 16.8 Å². The van der Waals surface area contributed by atoms with Gasteiger partial charge in [-0.2, -0.15) is 0 Å². The average molecular weight is 513 g/mol. The van der Waals surface area contributed by atoms with Gasteiger partial charge in [0.25, 0.3) is 0 Å². The van der Waals surface area contributed by atoms with Crippen LogP contribution in [0.5, 0.6) is 0 Å². The van der Waals surface area contributed by atoms with Crippen molar-refractivity contribution in [1.82, 2.24) is 15.5 Å². The molecule has 6 nitrogen and oxygen atoms in total. The smallest absolute Gasteiger partial charge is 0.239 e. The fourth-order valence-corrected chi connectivity index (χ4v) is 4.23. The summed E-state index contributed by atoms with van der Waals surface area (Å²) in [5.74, 6) is 2.72. The van der Waals surface area contributed by atoms with Crippen LogP contribution in [0.3, 0.4) is 0 Å². The van der Waals surface area contributed by atoms with E-state index in [4.69, 9.17) is 0 Å². The van der Waals surface area contributed by atoms with Gasteiger partial charge in [0.05, 0.1) is 6.54 Å². The Morgan fingerprint density at radius 2 is 1.93 bits per heavy atom. The van der Waals surface area contributed by atoms with Crippen molar-refractivity contribution < 1.29 is 4.79 Å². The summed E-state index contributed by atoms with van der Waals surface area (Å²) in [4.78, 5) is 20.4. The highest BCUT2D eigenvalue weighted by molar-refractivity contribution is 14.0. The number of halogens is 1. The molecule has 1 saturated heterocycles. The van der Waals surface area contributed by atoms with Crippen molar-refractivity contribution >= 4 is 41.5 Å². The van der Waals surface area contributed by atoms with Gasteiger partial charge in [-0.3, -0.25) is 9.79 Å². The lowest BCUT2D eigenvalue weighted by molar-refractivity contribution is -0.120. The number of benzene rings is 1. The first kappa shape index (κ1) is 23.8. The fraction of sp³-hybridized carbons (Fsp3) is 0.636. The van der Waals surface area contributed by atoms with Gasteiger partial charge >= 0.3 is 0 Å². The van der Waals surface area contributed by atoms with Crippen LogP contribution in [-0.2, 0) is 11.3 Å². The van der Waals surface area contributed by atoms with Gasteiger partial charge < -0.3 is 20.4 Å². The number of hydrogen-bond acceptors (Lipinski definition) is 3. The van der Waals surface area contributed by atoms with Gasteiger partial charge in [-0.25, -0.2) is 0 Å². The summed E-state index contributed by atoms with van der Waals surface area (Å²) in [6, 6.07) is 8.46. The Bertz CT molecular complexity index is 670. The lowest BCUT2D eigenvalue weighted by Crippen LogP contribution is -2.47. The van der Waals surface area contributed by atoms with Gasteiger partial charge in [0.2, 0.25) is 5.91 Å². The topological polar surface area (TPSA) is 60.0 Å². The molecule has 0 atom stereocenters. The van der Waals surface area contributed by atoms with Crippen LogP contribution in [0, 0.1) is 11.8 Å². The summed E-state index contributed by atoms with van der Waals surface area (Å²) < 4.78 is 0. The molecular weight excluding hydrogens is 477 g/mol. The molecule has 1 aromatic rings. The summed E-state index contributed by atoms with van der Waals surface area (Å²) >= 11 is 0. The summed E-state index contributed by atoms with van der Waals surface area (Å²) in [6.07, 6.45) is 5.38. The number of rotatable bonds is 5. The Labute approximate surface area is 192 Å². The zero-order chi connectivity index (χ0) is 19.9. The first-order valence-electron chi connectivity index (χ1n) is 10.6. The predicted octanol–water partition coefficient (Wildman–Crippen LogP) is 3.07. The Kier molecular flexibility index (Phi) is 9.52. The fourth-order valence-electron chi connectivity index (χ4n) is 4.23. The molecule has 29 heavy (non-hydrogen) atoms. The molecule has 1 aliphatic heterocycles. The number of nitrogens with zero attached hydrogens (tertiary/aromatic N) is 3. The molecule has 3 rings (SSSR count). The molecule has 0 spiro atoms. The number of guanidine groups is 1. The molecule has 1 aliphatic carbocycles. The summed E-state index contributed by atoms with van der Waals surface area (Å²) in [6.45, 7) is 6.20. The van der Waals surface area contributed by atoms with Gasteiger partial charge in [0.15, 0.2) is 5.96 Å². The number of aliphatic imine (C=N–C) groups is 1. The van der Waals surface area contributed by atoms with E-state index in [1.807, 2.05) is 7.05 Å². The van der Waals surface area contributed by atoms with Crippen LogP contribution in [0.15, 0.2) is 29.3 Å². The molecule has 2 N–H and O–H groups in total. The molecule has 162 valence electrons. The van der Waals surface area contributed by atoms with E-state index in [2.05, 4.69) is 63.7 Å². The molecule has 1 aromatic carbocycles. The third-order valence-electron chi connectivity index (χ3n) is 6.03. The number of hydrogen-bond donors (Lipinski definition) is 2. The molecule has 0 bridgehead atoms. The SMILES string of the molecule is CN=C(NCc1ccc(N2CCNC(=O)C2)cc1)N(C)CC1CCC(C)CC1.I. The predicted molar refractivity (Wildman–Crippen MR) is 131 cm³/mol. The third-order valence-corrected chi connectivity index (χ3v) is 6.03. The monoisotopic (exact) mass is 513 g/mol. The van der Waals surface area contributed by atoms with Crippen LogP contribution in [0.25, 0.3) is 0 Å². The lowest BCUT2D eigenvalue weighted by Gasteiger charge is -2.31. The quantitative estimate of drug-likeness (QED) is 0.361. The number of amides is 1. The minimum Gasteiger partial charge on any atom is -0.360 e. The van der Waals surface area contributed by atoms with E-state index in [0.717, 1.165) is 43.1 Å². The molecule has 1 saturated carbocycles. The number of piperazine rings is 1. The lowest BCUT2D eigenvalue weighted by atomic mass is 9.83. The average Bonchev–Trinajstić information content (AvgIpc) is 2.71. The molecular formula is C22H36IN5O. The van der Waals surface area contributed by atoms with Crippen LogP contribution < -0.4 is 15.5 Å². The first-order valence-corrected chi connectivity index (χ1v) is 10.6. The molecule has 1 heterocycles. The van der Waals surface area contributed by atoms with Crippen molar-refractivity contribution in [1.29, 1.82) is 0 Å². The Morgan fingerprint density at radius 3 is 2.55 bits per heavy atom. The van der Waals surface area contributed by atoms with E-state index >= 15 is 0 Å². The zero-order valence-electron chi connectivity index (χ0n) is 18.0. The van der Waals surface area contributed by atoms with Crippen LogP contribution in [0.2, 0.25) is 0 Å². The van der Waals surface area contributed by atoms with E-state index < -0.39 is 0 Å². The van der Waals surface area contributed by atoms with Crippen LogP contribution in [-0.4, -0.2) is 57.0 Å². The summed E-state index contributed by atoms with van der Waals surface area (Å²) in [5, 5.41) is 6.35. The van der Waals surface area contributed by atoms with E-state index in [1.165, 1.54) is 31.2 Å². The van der Waals surface area contributed by atoms with Gasteiger partial charge in [0, 0.05) is 46.0 Å². The second-order valence-corrected chi connectivity index (χ2v) is 8.35. The molecule has 2 fully saturated rings. The van der Waals surface area contributed by atoms with Gasteiger partial charge in [-0.15, -0.1) is 24.0 Å². The van der Waals surface area contributed by atoms with E-state index in [-0.39, 0.29) is 29.9 Å². The first-order chi connectivity index (χ1) is 13.5. The maximum atomic E-state index is 11.6. The number of nitrogens with one attached hydrogen (secondary N) is 2. The summed E-state index contributed by atoms with van der Waals surface area (Å²) in [5.41, 5.74) is 2.32. The highest BCUT2D eigenvalue weighted by Crippen LogP contribution is 2.28. The van der Waals surface area contributed by atoms with Crippen LogP contribution in [0.1, 0.15) is 38.2 Å². The minimum atomic E-state index is 0. The van der Waals surface area contributed by atoms with E-state index in [0.29, 0.717) is 13.1 Å². The Balaban J connectivity index is 0.00000300. The molecule has 0 aromatic heterocycles. The molecule has 2 aliphatic rings. The molecule has 0 radical (unpaired) electrons. The normalized spacial score (nSPS) is 22.5. The van der Waals surface area contributed by atoms with E-state index in [9.17, 15) is 4.79 Å². The van der Waals surface area contributed by atoms with Gasteiger partial charge in [-0.1, -0.05) is 31.9 Å². The highest BCUT2D eigenvalue weighted by Gasteiger charge is 2.20. The number of anilines is 1. The Hall–Kier alpha value is -1.51. The van der Waals surface area contributed by atoms with Crippen molar-refractivity contribution in [3.63, 3.8) is 0 Å².